The highest BCUT2D eigenvalue weighted by atomic mass is 19.1. The Balaban J connectivity index is 3.18. The fraction of sp³-hybridized carbons (Fsp3) is 0.500. The van der Waals surface area contributed by atoms with Crippen molar-refractivity contribution in [3.63, 3.8) is 0 Å². The van der Waals surface area contributed by atoms with Crippen molar-refractivity contribution in [1.82, 2.24) is 5.32 Å². The molecule has 4 nitrogen and oxygen atoms in total. The number of ether oxygens (including phenoxy) is 2. The van der Waals surface area contributed by atoms with E-state index in [2.05, 4.69) is 5.32 Å². The zero-order valence-electron chi connectivity index (χ0n) is 11.8. The highest BCUT2D eigenvalue weighted by molar-refractivity contribution is 5.82. The first-order chi connectivity index (χ1) is 9.47. The normalized spacial score (nSPS) is 13.8. The SMILES string of the molecule is CCOC(=O)C(C)(NCCOC)c1c(F)cccc1F. The van der Waals surface area contributed by atoms with Crippen LogP contribution in [0.2, 0.25) is 0 Å². The van der Waals surface area contributed by atoms with Gasteiger partial charge in [-0.2, -0.15) is 0 Å². The number of methoxy groups -OCH3 is 1. The van der Waals surface area contributed by atoms with Gasteiger partial charge in [-0.3, -0.25) is 5.32 Å². The van der Waals surface area contributed by atoms with Gasteiger partial charge >= 0.3 is 5.97 Å². The Morgan fingerprint density at radius 1 is 1.35 bits per heavy atom. The van der Waals surface area contributed by atoms with Crippen LogP contribution in [0.15, 0.2) is 18.2 Å². The van der Waals surface area contributed by atoms with Crippen LogP contribution in [-0.2, 0) is 19.8 Å². The summed E-state index contributed by atoms with van der Waals surface area (Å²) in [5.74, 6) is -2.34. The first-order valence-corrected chi connectivity index (χ1v) is 6.33. The number of esters is 1. The first-order valence-electron chi connectivity index (χ1n) is 6.33. The minimum Gasteiger partial charge on any atom is -0.464 e. The molecule has 0 heterocycles. The van der Waals surface area contributed by atoms with E-state index in [1.165, 1.54) is 20.1 Å². The molecule has 1 unspecified atom stereocenters. The summed E-state index contributed by atoms with van der Waals surface area (Å²) < 4.78 is 37.7. The van der Waals surface area contributed by atoms with Crippen molar-refractivity contribution in [3.05, 3.63) is 35.4 Å². The van der Waals surface area contributed by atoms with E-state index in [4.69, 9.17) is 9.47 Å². The number of hydrogen-bond acceptors (Lipinski definition) is 4. The molecule has 0 aliphatic carbocycles. The average molecular weight is 287 g/mol. The average Bonchev–Trinajstić information content (AvgIpc) is 2.39. The zero-order chi connectivity index (χ0) is 15.2. The van der Waals surface area contributed by atoms with E-state index in [0.717, 1.165) is 12.1 Å². The van der Waals surface area contributed by atoms with Crippen LogP contribution >= 0.6 is 0 Å². The molecule has 0 amide bonds. The first kappa shape index (κ1) is 16.5. The van der Waals surface area contributed by atoms with E-state index in [1.54, 1.807) is 6.92 Å². The molecule has 0 saturated carbocycles. The Bertz CT molecular complexity index is 447. The number of nitrogens with one attached hydrogen (secondary N) is 1. The van der Waals surface area contributed by atoms with Crippen LogP contribution < -0.4 is 5.32 Å². The highest BCUT2D eigenvalue weighted by Gasteiger charge is 2.40. The molecular weight excluding hydrogens is 268 g/mol. The Morgan fingerprint density at radius 2 is 1.95 bits per heavy atom. The third-order valence-corrected chi connectivity index (χ3v) is 2.93. The summed E-state index contributed by atoms with van der Waals surface area (Å²) in [7, 11) is 1.49. The maximum atomic E-state index is 13.9. The summed E-state index contributed by atoms with van der Waals surface area (Å²) in [5.41, 5.74) is -1.96. The van der Waals surface area contributed by atoms with E-state index >= 15 is 0 Å². The Hall–Kier alpha value is -1.53. The molecule has 6 heteroatoms. The molecule has 1 rings (SSSR count). The maximum absolute atomic E-state index is 13.9. The number of carbonyl (C=O) groups excluding carboxylic acids is 1. The lowest BCUT2D eigenvalue weighted by atomic mass is 9.90. The molecule has 0 radical (unpaired) electrons. The van der Waals surface area contributed by atoms with Crippen LogP contribution in [0.1, 0.15) is 19.4 Å². The predicted octanol–water partition coefficient (Wildman–Crippen LogP) is 1.98. The monoisotopic (exact) mass is 287 g/mol. The van der Waals surface area contributed by atoms with Crippen molar-refractivity contribution in [2.75, 3.05) is 26.9 Å². The van der Waals surface area contributed by atoms with Crippen LogP contribution in [0, 0.1) is 11.6 Å². The number of halogens is 2. The van der Waals surface area contributed by atoms with Crippen molar-refractivity contribution in [2.24, 2.45) is 0 Å². The molecule has 0 fully saturated rings. The van der Waals surface area contributed by atoms with Crippen LogP contribution in [0.5, 0.6) is 0 Å². The molecule has 1 aromatic rings. The van der Waals surface area contributed by atoms with Gasteiger partial charge in [-0.15, -0.1) is 0 Å². The molecule has 112 valence electrons. The topological polar surface area (TPSA) is 47.6 Å². The predicted molar refractivity (Wildman–Crippen MR) is 70.2 cm³/mol. The smallest absolute Gasteiger partial charge is 0.330 e. The number of rotatable bonds is 7. The molecule has 0 saturated heterocycles. The maximum Gasteiger partial charge on any atom is 0.330 e. The second-order valence-corrected chi connectivity index (χ2v) is 4.36. The third-order valence-electron chi connectivity index (χ3n) is 2.93. The molecule has 0 aromatic heterocycles. The molecule has 1 aromatic carbocycles. The van der Waals surface area contributed by atoms with E-state index in [1.807, 2.05) is 0 Å². The molecule has 1 atom stereocenters. The minimum atomic E-state index is -1.61. The van der Waals surface area contributed by atoms with Crippen molar-refractivity contribution in [2.45, 2.75) is 19.4 Å². The third kappa shape index (κ3) is 3.52. The van der Waals surface area contributed by atoms with Crippen molar-refractivity contribution in [1.29, 1.82) is 0 Å². The molecule has 0 spiro atoms. The van der Waals surface area contributed by atoms with Gasteiger partial charge in [-0.1, -0.05) is 6.07 Å². The van der Waals surface area contributed by atoms with E-state index in [9.17, 15) is 13.6 Å². The highest BCUT2D eigenvalue weighted by Crippen LogP contribution is 2.27. The summed E-state index contributed by atoms with van der Waals surface area (Å²) >= 11 is 0. The summed E-state index contributed by atoms with van der Waals surface area (Å²) in [5, 5.41) is 2.80. The molecule has 20 heavy (non-hydrogen) atoms. The second-order valence-electron chi connectivity index (χ2n) is 4.36. The van der Waals surface area contributed by atoms with Crippen LogP contribution in [-0.4, -0.2) is 32.8 Å². The second kappa shape index (κ2) is 7.31. The number of benzene rings is 1. The summed E-state index contributed by atoms with van der Waals surface area (Å²) in [6.07, 6.45) is 0. The minimum absolute atomic E-state index is 0.121. The van der Waals surface area contributed by atoms with Gasteiger partial charge in [0.15, 0.2) is 0 Å². The lowest BCUT2D eigenvalue weighted by Crippen LogP contribution is -2.50. The molecule has 0 aliphatic heterocycles. The van der Waals surface area contributed by atoms with Gasteiger partial charge in [-0.05, 0) is 26.0 Å². The van der Waals surface area contributed by atoms with Crippen LogP contribution in [0.4, 0.5) is 8.78 Å². The standard InChI is InChI=1S/C14H19F2NO3/c1-4-20-13(18)14(2,17-8-9-19-3)12-10(15)6-5-7-11(12)16/h5-7,17H,4,8-9H2,1-3H3. The summed E-state index contributed by atoms with van der Waals surface area (Å²) in [4.78, 5) is 12.1. The van der Waals surface area contributed by atoms with Crippen LogP contribution in [0.25, 0.3) is 0 Å². The van der Waals surface area contributed by atoms with Crippen molar-refractivity contribution >= 4 is 5.97 Å². The Labute approximate surface area is 117 Å². The lowest BCUT2D eigenvalue weighted by Gasteiger charge is -2.29. The van der Waals surface area contributed by atoms with Gasteiger partial charge in [0, 0.05) is 13.7 Å². The van der Waals surface area contributed by atoms with Gasteiger partial charge < -0.3 is 9.47 Å². The van der Waals surface area contributed by atoms with Crippen molar-refractivity contribution < 1.29 is 23.0 Å². The van der Waals surface area contributed by atoms with E-state index in [0.29, 0.717) is 6.61 Å². The summed E-state index contributed by atoms with van der Waals surface area (Å²) in [6.45, 7) is 3.69. The van der Waals surface area contributed by atoms with E-state index < -0.39 is 23.1 Å². The lowest BCUT2D eigenvalue weighted by molar-refractivity contribution is -0.151. The van der Waals surface area contributed by atoms with Gasteiger partial charge in [0.25, 0.3) is 0 Å². The molecular formula is C14H19F2NO3. The van der Waals surface area contributed by atoms with Gasteiger partial charge in [-0.25, -0.2) is 13.6 Å². The zero-order valence-corrected chi connectivity index (χ0v) is 11.8. The fourth-order valence-corrected chi connectivity index (χ4v) is 1.92. The number of hydrogen-bond donors (Lipinski definition) is 1. The molecule has 0 aliphatic rings. The molecule has 0 bridgehead atoms. The molecule has 1 N–H and O–H groups in total. The largest absolute Gasteiger partial charge is 0.464 e. The van der Waals surface area contributed by atoms with Gasteiger partial charge in [0.1, 0.15) is 17.2 Å². The fourth-order valence-electron chi connectivity index (χ4n) is 1.92. The van der Waals surface area contributed by atoms with Crippen LogP contribution in [0.3, 0.4) is 0 Å². The van der Waals surface area contributed by atoms with Gasteiger partial charge in [0.2, 0.25) is 0 Å². The number of carbonyl (C=O) groups is 1. The Morgan fingerprint density at radius 3 is 2.45 bits per heavy atom. The van der Waals surface area contributed by atoms with E-state index in [-0.39, 0.29) is 18.7 Å². The summed E-state index contributed by atoms with van der Waals surface area (Å²) in [6, 6.07) is 3.46. The quantitative estimate of drug-likeness (QED) is 0.615. The Kier molecular flexibility index (Phi) is 6.04. The van der Waals surface area contributed by atoms with Gasteiger partial charge in [0.05, 0.1) is 18.8 Å². The van der Waals surface area contributed by atoms with Crippen molar-refractivity contribution in [3.8, 4) is 0 Å².